The third-order valence-corrected chi connectivity index (χ3v) is 8.24. The number of nitrogens with zero attached hydrogens (tertiary/aromatic N) is 2. The Kier molecular flexibility index (Phi) is 7.33. The van der Waals surface area contributed by atoms with Crippen molar-refractivity contribution in [2.45, 2.75) is 31.2 Å². The summed E-state index contributed by atoms with van der Waals surface area (Å²) in [4.78, 5) is 14.3. The lowest BCUT2D eigenvalue weighted by Gasteiger charge is -2.19. The summed E-state index contributed by atoms with van der Waals surface area (Å²) in [6.45, 7) is 3.11. The van der Waals surface area contributed by atoms with Crippen LogP contribution < -0.4 is 9.47 Å². The predicted molar refractivity (Wildman–Crippen MR) is 133 cm³/mol. The van der Waals surface area contributed by atoms with Crippen LogP contribution in [0.4, 0.5) is 5.69 Å². The molecule has 0 bridgehead atoms. The van der Waals surface area contributed by atoms with E-state index < -0.39 is 10.1 Å². The fraction of sp³-hybridized carbons (Fsp3) is 0.250. The van der Waals surface area contributed by atoms with Crippen LogP contribution in [-0.2, 0) is 21.5 Å². The molecule has 4 rings (SSSR count). The van der Waals surface area contributed by atoms with Gasteiger partial charge >= 0.3 is 0 Å². The molecule has 0 atom stereocenters. The Morgan fingerprint density at radius 1 is 1.15 bits per heavy atom. The standard InChI is InChI=1S/C24H24N2O4S3/c1-18(16-23-25(12-6-14-27)19-8-2-4-10-21(19)31-23)17-24-26(13-7-15-33(28,29)30)20-9-3-5-11-22(20)32-24/h2-5,8-11,14,16-17H,6-7,12-13,15H2,1H3. The number of thioether (sulfide) groups is 1. The molecule has 172 valence electrons. The topological polar surface area (TPSA) is 81.4 Å². The molecule has 6 nitrogen and oxygen atoms in total. The largest absolute Gasteiger partial charge is 0.748 e. The van der Waals surface area contributed by atoms with Gasteiger partial charge < -0.3 is 14.2 Å². The minimum absolute atomic E-state index is 0.267. The predicted octanol–water partition coefficient (Wildman–Crippen LogP) is 4.57. The molecule has 0 spiro atoms. The summed E-state index contributed by atoms with van der Waals surface area (Å²) in [5.74, 6) is -0.378. The van der Waals surface area contributed by atoms with Crippen molar-refractivity contribution in [3.05, 3.63) is 70.2 Å². The number of carbonyl (C=O) groups is 1. The second kappa shape index (κ2) is 10.2. The number of aryl methyl sites for hydroxylation is 1. The van der Waals surface area contributed by atoms with Gasteiger partial charge in [-0.2, -0.15) is 4.57 Å². The highest BCUT2D eigenvalue weighted by Crippen LogP contribution is 2.46. The molecule has 2 heterocycles. The Morgan fingerprint density at radius 2 is 1.91 bits per heavy atom. The molecule has 0 amide bonds. The van der Waals surface area contributed by atoms with E-state index in [0.717, 1.165) is 42.7 Å². The van der Waals surface area contributed by atoms with Gasteiger partial charge in [0, 0.05) is 42.2 Å². The quantitative estimate of drug-likeness (QED) is 0.243. The van der Waals surface area contributed by atoms with Crippen molar-refractivity contribution in [2.75, 3.05) is 17.2 Å². The van der Waals surface area contributed by atoms with E-state index in [2.05, 4.69) is 33.8 Å². The van der Waals surface area contributed by atoms with Gasteiger partial charge in [-0.1, -0.05) is 47.4 Å². The number of thiazole rings is 1. The highest BCUT2D eigenvalue weighted by molar-refractivity contribution is 8.03. The molecule has 1 aliphatic rings. The summed E-state index contributed by atoms with van der Waals surface area (Å²) in [7, 11) is -4.24. The molecule has 0 aliphatic carbocycles. The van der Waals surface area contributed by atoms with Gasteiger partial charge in [0.25, 0.3) is 5.01 Å². The first kappa shape index (κ1) is 23.7. The van der Waals surface area contributed by atoms with Gasteiger partial charge in [0.2, 0.25) is 5.52 Å². The fourth-order valence-electron chi connectivity index (χ4n) is 3.79. The maximum absolute atomic E-state index is 11.1. The van der Waals surface area contributed by atoms with Crippen molar-refractivity contribution < 1.29 is 22.3 Å². The van der Waals surface area contributed by atoms with E-state index in [1.165, 1.54) is 0 Å². The van der Waals surface area contributed by atoms with Crippen molar-refractivity contribution in [1.29, 1.82) is 0 Å². The van der Waals surface area contributed by atoms with E-state index in [1.807, 2.05) is 43.3 Å². The van der Waals surface area contributed by atoms with E-state index in [-0.39, 0.29) is 12.2 Å². The van der Waals surface area contributed by atoms with Crippen LogP contribution in [-0.4, -0.2) is 31.6 Å². The number of aldehydes is 1. The molecule has 0 fully saturated rings. The normalized spacial score (nSPS) is 15.4. The Balaban J connectivity index is 1.65. The Labute approximate surface area is 202 Å². The maximum atomic E-state index is 11.1. The number of allylic oxidation sites excluding steroid dienone is 2. The zero-order valence-corrected chi connectivity index (χ0v) is 20.6. The minimum Gasteiger partial charge on any atom is -0.748 e. The van der Waals surface area contributed by atoms with Gasteiger partial charge in [-0.15, -0.1) is 0 Å². The van der Waals surface area contributed by atoms with Gasteiger partial charge in [-0.05, 0) is 36.8 Å². The molecule has 33 heavy (non-hydrogen) atoms. The first-order valence-electron chi connectivity index (χ1n) is 10.6. The summed E-state index contributed by atoms with van der Waals surface area (Å²) in [5, 5.41) is 2.06. The summed E-state index contributed by atoms with van der Waals surface area (Å²) >= 11 is 3.32. The van der Waals surface area contributed by atoms with Gasteiger partial charge in [0.05, 0.1) is 20.8 Å². The number of hydrogen-bond donors (Lipinski definition) is 0. The third kappa shape index (κ3) is 5.73. The van der Waals surface area contributed by atoms with Gasteiger partial charge in [0.15, 0.2) is 6.54 Å². The average molecular weight is 501 g/mol. The van der Waals surface area contributed by atoms with E-state index in [0.29, 0.717) is 19.5 Å². The zero-order chi connectivity index (χ0) is 23.4. The molecule has 0 saturated carbocycles. The summed E-state index contributed by atoms with van der Waals surface area (Å²) < 4.78 is 36.4. The zero-order valence-electron chi connectivity index (χ0n) is 18.1. The third-order valence-electron chi connectivity index (χ3n) is 5.22. The Morgan fingerprint density at radius 3 is 2.70 bits per heavy atom. The minimum atomic E-state index is -4.24. The molecule has 9 heteroatoms. The highest BCUT2D eigenvalue weighted by Gasteiger charge is 2.24. The van der Waals surface area contributed by atoms with Crippen LogP contribution in [0.1, 0.15) is 24.8 Å². The van der Waals surface area contributed by atoms with E-state index in [1.54, 1.807) is 23.1 Å². The van der Waals surface area contributed by atoms with E-state index in [4.69, 9.17) is 0 Å². The lowest BCUT2D eigenvalue weighted by atomic mass is 10.2. The van der Waals surface area contributed by atoms with Crippen molar-refractivity contribution >= 4 is 61.5 Å². The van der Waals surface area contributed by atoms with Crippen molar-refractivity contribution in [3.8, 4) is 0 Å². The lowest BCUT2D eigenvalue weighted by Crippen LogP contribution is -2.36. The molecule has 0 unspecified atom stereocenters. The number of hydrogen-bond acceptors (Lipinski definition) is 7. The van der Waals surface area contributed by atoms with Crippen LogP contribution in [0.2, 0.25) is 0 Å². The van der Waals surface area contributed by atoms with Crippen molar-refractivity contribution in [3.63, 3.8) is 0 Å². The first-order chi connectivity index (χ1) is 15.9. The van der Waals surface area contributed by atoms with Crippen molar-refractivity contribution in [1.82, 2.24) is 0 Å². The van der Waals surface area contributed by atoms with Crippen molar-refractivity contribution in [2.24, 2.45) is 0 Å². The molecule has 0 radical (unpaired) electrons. The first-order valence-corrected chi connectivity index (χ1v) is 13.8. The monoisotopic (exact) mass is 500 g/mol. The average Bonchev–Trinajstić information content (AvgIpc) is 3.29. The van der Waals surface area contributed by atoms with Crippen LogP contribution in [0.5, 0.6) is 0 Å². The summed E-state index contributed by atoms with van der Waals surface area (Å²) in [5.41, 5.74) is 3.17. The number of aromatic nitrogens is 1. The fourth-order valence-corrected chi connectivity index (χ4v) is 6.68. The van der Waals surface area contributed by atoms with Crippen LogP contribution >= 0.6 is 23.1 Å². The highest BCUT2D eigenvalue weighted by atomic mass is 32.2. The number of para-hydroxylation sites is 2. The van der Waals surface area contributed by atoms with Crippen LogP contribution in [0, 0.1) is 0 Å². The van der Waals surface area contributed by atoms with Crippen LogP contribution in [0.3, 0.4) is 0 Å². The molecular formula is C24H24N2O4S3. The van der Waals surface area contributed by atoms with Gasteiger partial charge in [-0.25, -0.2) is 8.42 Å². The molecule has 1 aliphatic heterocycles. The molecule has 2 aromatic carbocycles. The number of fused-ring (bicyclic) bond motifs is 2. The number of benzene rings is 2. The lowest BCUT2D eigenvalue weighted by molar-refractivity contribution is -0.668. The second-order valence-corrected chi connectivity index (χ2v) is 11.4. The molecular weight excluding hydrogens is 476 g/mol. The van der Waals surface area contributed by atoms with Crippen LogP contribution in [0.25, 0.3) is 16.3 Å². The molecule has 0 N–H and O–H groups in total. The second-order valence-electron chi connectivity index (χ2n) is 7.72. The molecule has 1 aromatic heterocycles. The summed E-state index contributed by atoms with van der Waals surface area (Å²) in [6.07, 6.45) is 5.86. The smallest absolute Gasteiger partial charge is 0.263 e. The van der Waals surface area contributed by atoms with Gasteiger partial charge in [0.1, 0.15) is 11.0 Å². The van der Waals surface area contributed by atoms with Gasteiger partial charge in [-0.3, -0.25) is 0 Å². The Hall–Kier alpha value is -2.46. The van der Waals surface area contributed by atoms with E-state index in [9.17, 15) is 17.8 Å². The van der Waals surface area contributed by atoms with E-state index >= 15 is 0 Å². The molecule has 3 aromatic rings. The number of rotatable bonds is 9. The summed E-state index contributed by atoms with van der Waals surface area (Å²) in [6, 6.07) is 16.1. The number of carbonyl (C=O) groups excluding carboxylic acids is 1. The molecule has 0 saturated heterocycles. The van der Waals surface area contributed by atoms with Crippen LogP contribution in [0.15, 0.2) is 70.1 Å². The maximum Gasteiger partial charge on any atom is 0.263 e. The number of anilines is 1. The Bertz CT molecular complexity index is 1340. The SMILES string of the molecule is CC(=Cc1sc2ccccc2[n+]1CCCS(=O)(=O)[O-])C=C1Sc2ccccc2N1CCC=O.